The predicted molar refractivity (Wildman–Crippen MR) is 83.0 cm³/mol. The van der Waals surface area contributed by atoms with Gasteiger partial charge in [0.1, 0.15) is 6.33 Å². The molecule has 1 aromatic heterocycles. The van der Waals surface area contributed by atoms with E-state index < -0.39 is 0 Å². The van der Waals surface area contributed by atoms with Gasteiger partial charge in [-0.05, 0) is 40.6 Å². The molecule has 0 atom stereocenters. The normalized spacial score (nSPS) is 10.5. The smallest absolute Gasteiger partial charge is 0.310 e. The number of rotatable bonds is 6. The predicted octanol–water partition coefficient (Wildman–Crippen LogP) is 2.58. The van der Waals surface area contributed by atoms with Crippen LogP contribution in [-0.4, -0.2) is 20.7 Å². The van der Waals surface area contributed by atoms with Gasteiger partial charge >= 0.3 is 5.97 Å². The number of nitrogens with zero attached hydrogens (tertiary/aromatic N) is 3. The number of ether oxygens (including phenoxy) is 1. The van der Waals surface area contributed by atoms with E-state index >= 15 is 0 Å². The van der Waals surface area contributed by atoms with Gasteiger partial charge in [-0.1, -0.05) is 25.1 Å². The van der Waals surface area contributed by atoms with E-state index in [0.29, 0.717) is 5.82 Å². The topological polar surface area (TPSA) is 57.0 Å². The summed E-state index contributed by atoms with van der Waals surface area (Å²) in [6.45, 7) is 3.08. The Morgan fingerprint density at radius 2 is 2.20 bits per heavy atom. The molecule has 0 aliphatic rings. The molecular weight excluding hydrogens is 369 g/mol. The number of hydrogen-bond acceptors (Lipinski definition) is 4. The summed E-state index contributed by atoms with van der Waals surface area (Å²) < 4.78 is 8.23. The van der Waals surface area contributed by atoms with Crippen molar-refractivity contribution in [1.29, 1.82) is 0 Å². The lowest BCUT2D eigenvalue weighted by Gasteiger charge is -2.07. The van der Waals surface area contributed by atoms with Gasteiger partial charge in [0.15, 0.2) is 12.4 Å². The molecule has 0 bridgehead atoms. The molecule has 1 aromatic carbocycles. The lowest BCUT2D eigenvalue weighted by molar-refractivity contribution is -0.144. The minimum atomic E-state index is -0.250. The first kappa shape index (κ1) is 15.0. The second-order valence-electron chi connectivity index (χ2n) is 4.37. The molecule has 0 aliphatic carbocycles. The summed E-state index contributed by atoms with van der Waals surface area (Å²) in [6, 6.07) is 7.77. The maximum Gasteiger partial charge on any atom is 0.310 e. The summed E-state index contributed by atoms with van der Waals surface area (Å²) in [5.74, 6) is 0.433. The monoisotopic (exact) mass is 385 g/mol. The van der Waals surface area contributed by atoms with Crippen LogP contribution in [0.5, 0.6) is 0 Å². The fourth-order valence-corrected chi connectivity index (χ4v) is 2.39. The third-order valence-corrected chi connectivity index (χ3v) is 3.87. The zero-order valence-corrected chi connectivity index (χ0v) is 13.4. The molecule has 0 unspecified atom stereocenters. The van der Waals surface area contributed by atoms with Gasteiger partial charge in [0.05, 0.1) is 6.42 Å². The van der Waals surface area contributed by atoms with E-state index in [1.807, 2.05) is 28.8 Å². The van der Waals surface area contributed by atoms with E-state index in [4.69, 9.17) is 4.74 Å². The second kappa shape index (κ2) is 7.37. The van der Waals surface area contributed by atoms with Crippen LogP contribution >= 0.6 is 22.6 Å². The van der Waals surface area contributed by atoms with Crippen molar-refractivity contribution in [2.75, 3.05) is 0 Å². The lowest BCUT2D eigenvalue weighted by atomic mass is 10.2. The number of aromatic nitrogens is 3. The van der Waals surface area contributed by atoms with Crippen LogP contribution in [0.3, 0.4) is 0 Å². The van der Waals surface area contributed by atoms with E-state index in [9.17, 15) is 4.79 Å². The first-order chi connectivity index (χ1) is 9.70. The van der Waals surface area contributed by atoms with E-state index in [1.54, 1.807) is 6.33 Å². The summed E-state index contributed by atoms with van der Waals surface area (Å²) in [5.41, 5.74) is 0.980. The van der Waals surface area contributed by atoms with Gasteiger partial charge in [-0.2, -0.15) is 0 Å². The Hall–Kier alpha value is -1.44. The van der Waals surface area contributed by atoms with E-state index in [1.165, 1.54) is 0 Å². The first-order valence-electron chi connectivity index (χ1n) is 6.46. The van der Waals surface area contributed by atoms with Gasteiger partial charge in [-0.3, -0.25) is 4.79 Å². The number of benzene rings is 1. The maximum atomic E-state index is 11.8. The van der Waals surface area contributed by atoms with Gasteiger partial charge in [0.25, 0.3) is 0 Å². The molecule has 0 saturated carbocycles. The lowest BCUT2D eigenvalue weighted by Crippen LogP contribution is -2.12. The standard InChI is InChI=1S/C14H16IN3O2/c1-2-7-18-10-16-17-13(18)9-20-14(19)8-11-5-3-4-6-12(11)15/h3-6,10H,2,7-9H2,1H3. The zero-order valence-electron chi connectivity index (χ0n) is 11.3. The summed E-state index contributed by atoms with van der Waals surface area (Å²) >= 11 is 2.21. The zero-order chi connectivity index (χ0) is 14.4. The molecule has 0 amide bonds. The van der Waals surface area contributed by atoms with E-state index in [0.717, 1.165) is 22.1 Å². The van der Waals surface area contributed by atoms with Crippen LogP contribution in [0.1, 0.15) is 24.7 Å². The van der Waals surface area contributed by atoms with Crippen LogP contribution in [0.15, 0.2) is 30.6 Å². The quantitative estimate of drug-likeness (QED) is 0.567. The van der Waals surface area contributed by atoms with Crippen LogP contribution in [0, 0.1) is 3.57 Å². The molecule has 0 spiro atoms. The minimum absolute atomic E-state index is 0.169. The summed E-state index contributed by atoms with van der Waals surface area (Å²) in [4.78, 5) is 11.8. The number of aryl methyl sites for hydroxylation is 1. The molecular formula is C14H16IN3O2. The van der Waals surface area contributed by atoms with Crippen molar-refractivity contribution in [2.24, 2.45) is 0 Å². The Balaban J connectivity index is 1.89. The number of carbonyl (C=O) groups is 1. The molecule has 0 fully saturated rings. The molecule has 2 rings (SSSR count). The number of esters is 1. The van der Waals surface area contributed by atoms with Gasteiger partial charge in [0, 0.05) is 10.1 Å². The number of hydrogen-bond donors (Lipinski definition) is 0. The van der Waals surface area contributed by atoms with Gasteiger partial charge in [-0.15, -0.1) is 10.2 Å². The van der Waals surface area contributed by atoms with Crippen molar-refractivity contribution in [3.8, 4) is 0 Å². The highest BCUT2D eigenvalue weighted by molar-refractivity contribution is 14.1. The fourth-order valence-electron chi connectivity index (χ4n) is 1.81. The third-order valence-electron chi connectivity index (χ3n) is 2.82. The summed E-state index contributed by atoms with van der Waals surface area (Å²) in [6.07, 6.45) is 2.93. The van der Waals surface area contributed by atoms with Crippen LogP contribution in [-0.2, 0) is 29.1 Å². The fraction of sp³-hybridized carbons (Fsp3) is 0.357. The molecule has 20 heavy (non-hydrogen) atoms. The average Bonchev–Trinajstić information content (AvgIpc) is 2.87. The van der Waals surface area contributed by atoms with Crippen LogP contribution in [0.2, 0.25) is 0 Å². The van der Waals surface area contributed by atoms with Crippen LogP contribution in [0.25, 0.3) is 0 Å². The summed E-state index contributed by atoms with van der Waals surface area (Å²) in [7, 11) is 0. The largest absolute Gasteiger partial charge is 0.457 e. The van der Waals surface area contributed by atoms with Crippen molar-refractivity contribution in [2.45, 2.75) is 32.9 Å². The van der Waals surface area contributed by atoms with Gasteiger partial charge in [0.2, 0.25) is 0 Å². The average molecular weight is 385 g/mol. The second-order valence-corrected chi connectivity index (χ2v) is 5.53. The van der Waals surface area contributed by atoms with Crippen LogP contribution < -0.4 is 0 Å². The Kier molecular flexibility index (Phi) is 5.51. The number of halogens is 1. The Morgan fingerprint density at radius 1 is 1.40 bits per heavy atom. The SMILES string of the molecule is CCCn1cnnc1COC(=O)Cc1ccccc1I. The van der Waals surface area contributed by atoms with Crippen LogP contribution in [0.4, 0.5) is 0 Å². The molecule has 106 valence electrons. The first-order valence-corrected chi connectivity index (χ1v) is 7.54. The Labute approximate surface area is 131 Å². The minimum Gasteiger partial charge on any atom is -0.457 e. The van der Waals surface area contributed by atoms with Crippen molar-refractivity contribution in [1.82, 2.24) is 14.8 Å². The van der Waals surface area contributed by atoms with E-state index in [-0.39, 0.29) is 19.0 Å². The molecule has 5 nitrogen and oxygen atoms in total. The Morgan fingerprint density at radius 3 is 2.95 bits per heavy atom. The Bertz CT molecular complexity index is 583. The summed E-state index contributed by atoms with van der Waals surface area (Å²) in [5, 5.41) is 7.80. The van der Waals surface area contributed by atoms with Crippen molar-refractivity contribution < 1.29 is 9.53 Å². The third kappa shape index (κ3) is 4.03. The maximum absolute atomic E-state index is 11.8. The molecule has 2 aromatic rings. The van der Waals surface area contributed by atoms with E-state index in [2.05, 4.69) is 39.7 Å². The highest BCUT2D eigenvalue weighted by Crippen LogP contribution is 2.12. The molecule has 6 heteroatoms. The molecule has 1 heterocycles. The molecule has 0 aliphatic heterocycles. The van der Waals surface area contributed by atoms with Gasteiger partial charge in [-0.25, -0.2) is 0 Å². The van der Waals surface area contributed by atoms with Crippen molar-refractivity contribution in [3.63, 3.8) is 0 Å². The van der Waals surface area contributed by atoms with Crippen molar-refractivity contribution >= 4 is 28.6 Å². The van der Waals surface area contributed by atoms with Gasteiger partial charge < -0.3 is 9.30 Å². The molecule has 0 N–H and O–H groups in total. The number of carbonyl (C=O) groups excluding carboxylic acids is 1. The highest BCUT2D eigenvalue weighted by atomic mass is 127. The molecule has 0 saturated heterocycles. The highest BCUT2D eigenvalue weighted by Gasteiger charge is 2.10. The molecule has 0 radical (unpaired) electrons. The van der Waals surface area contributed by atoms with Crippen molar-refractivity contribution in [3.05, 3.63) is 45.6 Å².